The first-order chi connectivity index (χ1) is 9.70. The highest BCUT2D eigenvalue weighted by Gasteiger charge is 2.25. The fraction of sp³-hybridized carbons (Fsp3) is 0.389. The molecule has 0 spiro atoms. The van der Waals surface area contributed by atoms with Crippen LogP contribution in [0.3, 0.4) is 0 Å². The third kappa shape index (κ3) is 4.11. The van der Waals surface area contributed by atoms with Gasteiger partial charge < -0.3 is 0 Å². The van der Waals surface area contributed by atoms with Gasteiger partial charge in [0.1, 0.15) is 11.5 Å². The highest BCUT2D eigenvalue weighted by atomic mass is 32.2. The molecule has 1 fully saturated rings. The molecule has 1 aromatic rings. The topological polar surface area (TPSA) is 17.1 Å². The molecular formula is C18H23OS+. The number of ketones is 1. The summed E-state index contributed by atoms with van der Waals surface area (Å²) >= 11 is 0. The van der Waals surface area contributed by atoms with Gasteiger partial charge in [-0.25, -0.2) is 0 Å². The van der Waals surface area contributed by atoms with Crippen LogP contribution < -0.4 is 10.4 Å². The Bertz CT molecular complexity index is 594. The second kappa shape index (κ2) is 7.49. The molecule has 106 valence electrons. The van der Waals surface area contributed by atoms with E-state index in [2.05, 4.69) is 6.58 Å². The van der Waals surface area contributed by atoms with Crippen molar-refractivity contribution < 1.29 is 4.79 Å². The Morgan fingerprint density at radius 2 is 2.05 bits per heavy atom. The molecule has 1 aliphatic heterocycles. The largest absolute Gasteiger partial charge is 0.289 e. The molecule has 0 bridgehead atoms. The minimum atomic E-state index is 0.290. The molecule has 1 saturated heterocycles. The SMILES string of the molecule is C=c1cc(C(=O)C[S+]2CCCCC2)cc/c1=C/C=C\C. The van der Waals surface area contributed by atoms with Crippen molar-refractivity contribution >= 4 is 29.3 Å². The van der Waals surface area contributed by atoms with Crippen LogP contribution in [0.25, 0.3) is 12.7 Å². The van der Waals surface area contributed by atoms with Crippen LogP contribution in [-0.4, -0.2) is 23.0 Å². The van der Waals surface area contributed by atoms with Crippen LogP contribution in [0, 0.1) is 0 Å². The molecule has 0 aromatic heterocycles. The number of carbonyl (C=O) groups excluding carboxylic acids is 1. The summed E-state index contributed by atoms with van der Waals surface area (Å²) in [6.07, 6.45) is 9.95. The van der Waals surface area contributed by atoms with Crippen molar-refractivity contribution in [1.29, 1.82) is 0 Å². The molecule has 0 N–H and O–H groups in total. The Kier molecular flexibility index (Phi) is 5.66. The first-order valence-electron chi connectivity index (χ1n) is 7.30. The van der Waals surface area contributed by atoms with E-state index in [0.717, 1.165) is 21.8 Å². The predicted molar refractivity (Wildman–Crippen MR) is 90.6 cm³/mol. The summed E-state index contributed by atoms with van der Waals surface area (Å²) < 4.78 is 0. The van der Waals surface area contributed by atoms with Gasteiger partial charge in [0, 0.05) is 5.56 Å². The number of allylic oxidation sites excluding steroid dienone is 2. The second-order valence-corrected chi connectivity index (χ2v) is 7.58. The number of benzene rings is 1. The van der Waals surface area contributed by atoms with Crippen LogP contribution in [-0.2, 0) is 10.9 Å². The van der Waals surface area contributed by atoms with Crippen molar-refractivity contribution in [2.45, 2.75) is 26.2 Å². The van der Waals surface area contributed by atoms with Crippen LogP contribution in [0.15, 0.2) is 30.4 Å². The highest BCUT2D eigenvalue weighted by molar-refractivity contribution is 7.97. The molecule has 1 heterocycles. The Morgan fingerprint density at radius 1 is 1.30 bits per heavy atom. The lowest BCUT2D eigenvalue weighted by Crippen LogP contribution is -2.28. The van der Waals surface area contributed by atoms with Gasteiger partial charge in [-0.1, -0.05) is 36.9 Å². The summed E-state index contributed by atoms with van der Waals surface area (Å²) in [6.45, 7) is 6.04. The molecule has 0 amide bonds. The van der Waals surface area contributed by atoms with E-state index >= 15 is 0 Å². The zero-order valence-electron chi connectivity index (χ0n) is 12.2. The molecule has 2 heteroatoms. The Balaban J connectivity index is 2.10. The van der Waals surface area contributed by atoms with Gasteiger partial charge in [-0.05, 0) is 53.6 Å². The van der Waals surface area contributed by atoms with Crippen molar-refractivity contribution in [3.05, 3.63) is 46.4 Å². The van der Waals surface area contributed by atoms with Crippen molar-refractivity contribution in [2.24, 2.45) is 0 Å². The summed E-state index contributed by atoms with van der Waals surface area (Å²) in [4.78, 5) is 12.3. The van der Waals surface area contributed by atoms with E-state index in [1.165, 1.54) is 30.8 Å². The van der Waals surface area contributed by atoms with Crippen LogP contribution in [0.1, 0.15) is 36.5 Å². The zero-order valence-corrected chi connectivity index (χ0v) is 13.0. The van der Waals surface area contributed by atoms with E-state index < -0.39 is 0 Å². The molecule has 1 aromatic carbocycles. The molecule has 2 rings (SSSR count). The third-order valence-corrected chi connectivity index (χ3v) is 6.04. The predicted octanol–water partition coefficient (Wildman–Crippen LogP) is 2.44. The van der Waals surface area contributed by atoms with Crippen molar-refractivity contribution in [2.75, 3.05) is 17.3 Å². The van der Waals surface area contributed by atoms with Gasteiger partial charge in [0.25, 0.3) is 0 Å². The summed E-state index contributed by atoms with van der Waals surface area (Å²) in [5.41, 5.74) is 0.825. The average molecular weight is 287 g/mol. The van der Waals surface area contributed by atoms with E-state index in [-0.39, 0.29) is 5.78 Å². The number of carbonyl (C=O) groups is 1. The number of Topliss-reactive ketones (excluding diaryl/α,β-unsaturated/α-hetero) is 1. The summed E-state index contributed by atoms with van der Waals surface area (Å²) in [5, 5.41) is 2.01. The smallest absolute Gasteiger partial charge is 0.211 e. The Morgan fingerprint density at radius 3 is 2.70 bits per heavy atom. The molecule has 1 aliphatic rings. The van der Waals surface area contributed by atoms with Gasteiger partial charge in [-0.3, -0.25) is 4.79 Å². The molecular weight excluding hydrogens is 264 g/mol. The number of hydrogen-bond acceptors (Lipinski definition) is 1. The summed E-state index contributed by atoms with van der Waals surface area (Å²) in [5.74, 6) is 3.52. The van der Waals surface area contributed by atoms with Gasteiger partial charge in [0.05, 0.1) is 0 Å². The maximum atomic E-state index is 12.3. The number of rotatable bonds is 4. The van der Waals surface area contributed by atoms with E-state index in [1.807, 2.05) is 43.4 Å². The van der Waals surface area contributed by atoms with Gasteiger partial charge in [-0.15, -0.1) is 0 Å². The minimum Gasteiger partial charge on any atom is -0.289 e. The standard InChI is InChI=1S/C18H23OS/c1-3-4-8-16-9-10-17(13-15(16)2)18(19)14-20-11-6-5-7-12-20/h3-4,8-10,13H,2,5-7,11-12,14H2,1H3/q+1/b4-3-,16-8-. The molecule has 0 aliphatic carbocycles. The van der Waals surface area contributed by atoms with Crippen molar-refractivity contribution in [1.82, 2.24) is 0 Å². The first kappa shape index (κ1) is 15.1. The normalized spacial score (nSPS) is 17.8. The second-order valence-electron chi connectivity index (χ2n) is 5.25. The Hall–Kier alpha value is -1.28. The van der Waals surface area contributed by atoms with Gasteiger partial charge in [-0.2, -0.15) is 0 Å². The van der Waals surface area contributed by atoms with E-state index in [0.29, 0.717) is 10.9 Å². The lowest BCUT2D eigenvalue weighted by molar-refractivity contribution is 0.102. The van der Waals surface area contributed by atoms with Gasteiger partial charge in [0.15, 0.2) is 5.75 Å². The third-order valence-electron chi connectivity index (χ3n) is 3.63. The maximum absolute atomic E-state index is 12.3. The maximum Gasteiger partial charge on any atom is 0.211 e. The summed E-state index contributed by atoms with van der Waals surface area (Å²) in [6, 6.07) is 5.88. The van der Waals surface area contributed by atoms with Crippen LogP contribution in [0.5, 0.6) is 0 Å². The molecule has 1 nitrogen and oxygen atoms in total. The fourth-order valence-electron chi connectivity index (χ4n) is 2.45. The fourth-order valence-corrected chi connectivity index (χ4v) is 4.70. The van der Waals surface area contributed by atoms with Crippen molar-refractivity contribution in [3.63, 3.8) is 0 Å². The average Bonchev–Trinajstić information content (AvgIpc) is 2.47. The van der Waals surface area contributed by atoms with Crippen LogP contribution in [0.4, 0.5) is 0 Å². The molecule has 20 heavy (non-hydrogen) atoms. The van der Waals surface area contributed by atoms with Gasteiger partial charge >= 0.3 is 0 Å². The lowest BCUT2D eigenvalue weighted by Gasteiger charge is -2.12. The zero-order chi connectivity index (χ0) is 14.4. The molecule has 0 saturated carbocycles. The van der Waals surface area contributed by atoms with E-state index in [4.69, 9.17) is 0 Å². The lowest BCUT2D eigenvalue weighted by atomic mass is 10.1. The minimum absolute atomic E-state index is 0.290. The van der Waals surface area contributed by atoms with E-state index in [9.17, 15) is 4.79 Å². The first-order valence-corrected chi connectivity index (χ1v) is 9.03. The highest BCUT2D eigenvalue weighted by Crippen LogP contribution is 2.14. The summed E-state index contributed by atoms with van der Waals surface area (Å²) in [7, 11) is 0.319. The van der Waals surface area contributed by atoms with Crippen molar-refractivity contribution in [3.8, 4) is 0 Å². The van der Waals surface area contributed by atoms with Crippen LogP contribution >= 0.6 is 0 Å². The monoisotopic (exact) mass is 287 g/mol. The van der Waals surface area contributed by atoms with Crippen LogP contribution in [0.2, 0.25) is 0 Å². The Labute approximate surface area is 124 Å². The number of hydrogen-bond donors (Lipinski definition) is 0. The molecule has 0 radical (unpaired) electrons. The quantitative estimate of drug-likeness (QED) is 0.614. The molecule has 0 atom stereocenters. The van der Waals surface area contributed by atoms with E-state index in [1.54, 1.807) is 0 Å². The molecule has 0 unspecified atom stereocenters. The van der Waals surface area contributed by atoms with Gasteiger partial charge in [0.2, 0.25) is 5.78 Å².